The fourth-order valence-electron chi connectivity index (χ4n) is 3.33. The summed E-state index contributed by atoms with van der Waals surface area (Å²) in [6.45, 7) is 1.64. The molecule has 23 heavy (non-hydrogen) atoms. The van der Waals surface area contributed by atoms with Gasteiger partial charge in [-0.2, -0.15) is 5.10 Å². The van der Waals surface area contributed by atoms with Crippen molar-refractivity contribution in [2.75, 3.05) is 18.4 Å². The molecule has 0 bridgehead atoms. The SMILES string of the molecule is Cl.Cl.NC1CCC(C(=O)N2CCC(Nc3cccnn3)CC2)C1. The number of aromatic nitrogens is 2. The summed E-state index contributed by atoms with van der Waals surface area (Å²) in [5.74, 6) is 1.27. The second kappa shape index (κ2) is 9.25. The van der Waals surface area contributed by atoms with Gasteiger partial charge in [-0.15, -0.1) is 29.9 Å². The maximum Gasteiger partial charge on any atom is 0.225 e. The molecule has 0 radical (unpaired) electrons. The van der Waals surface area contributed by atoms with Crippen LogP contribution in [-0.4, -0.2) is 46.2 Å². The van der Waals surface area contributed by atoms with Gasteiger partial charge in [0.05, 0.1) is 0 Å². The maximum atomic E-state index is 12.4. The fourth-order valence-corrected chi connectivity index (χ4v) is 3.33. The number of anilines is 1. The summed E-state index contributed by atoms with van der Waals surface area (Å²) in [6, 6.07) is 4.38. The lowest BCUT2D eigenvalue weighted by Crippen LogP contribution is -2.44. The Kier molecular flexibility index (Phi) is 8.02. The number of likely N-dealkylation sites (tertiary alicyclic amines) is 1. The molecule has 1 amide bonds. The highest BCUT2D eigenvalue weighted by atomic mass is 35.5. The Labute approximate surface area is 149 Å². The highest BCUT2D eigenvalue weighted by molar-refractivity contribution is 5.85. The van der Waals surface area contributed by atoms with E-state index in [2.05, 4.69) is 15.5 Å². The van der Waals surface area contributed by atoms with Crippen LogP contribution >= 0.6 is 24.8 Å². The van der Waals surface area contributed by atoms with Crippen LogP contribution in [0.3, 0.4) is 0 Å². The zero-order chi connectivity index (χ0) is 14.7. The molecule has 2 heterocycles. The standard InChI is InChI=1S/C15H23N5O.2ClH/c16-12-4-3-11(10-12)15(21)20-8-5-13(6-9-20)18-14-2-1-7-17-19-14;;/h1-2,7,11-13H,3-6,8-10,16H2,(H,18,19);2*1H. The van der Waals surface area contributed by atoms with Crippen LogP contribution in [0.15, 0.2) is 18.3 Å². The van der Waals surface area contributed by atoms with Crippen LogP contribution in [0, 0.1) is 5.92 Å². The lowest BCUT2D eigenvalue weighted by atomic mass is 10.0. The van der Waals surface area contributed by atoms with Crippen LogP contribution in [0.5, 0.6) is 0 Å². The number of piperidine rings is 1. The Balaban J connectivity index is 0.00000132. The number of nitrogens with one attached hydrogen (secondary N) is 1. The van der Waals surface area contributed by atoms with Crippen molar-refractivity contribution in [2.24, 2.45) is 11.7 Å². The van der Waals surface area contributed by atoms with Crippen LogP contribution in [0.25, 0.3) is 0 Å². The highest BCUT2D eigenvalue weighted by Crippen LogP contribution is 2.27. The third kappa shape index (κ3) is 5.19. The van der Waals surface area contributed by atoms with E-state index in [0.29, 0.717) is 11.9 Å². The lowest BCUT2D eigenvalue weighted by Gasteiger charge is -2.34. The first-order chi connectivity index (χ1) is 10.2. The summed E-state index contributed by atoms with van der Waals surface area (Å²) in [6.07, 6.45) is 6.39. The van der Waals surface area contributed by atoms with E-state index in [9.17, 15) is 4.79 Å². The summed E-state index contributed by atoms with van der Waals surface area (Å²) in [7, 11) is 0. The maximum absolute atomic E-state index is 12.4. The molecule has 1 aromatic heterocycles. The van der Waals surface area contributed by atoms with E-state index < -0.39 is 0 Å². The third-order valence-electron chi connectivity index (χ3n) is 4.55. The van der Waals surface area contributed by atoms with Gasteiger partial charge in [-0.3, -0.25) is 4.79 Å². The number of nitrogens with two attached hydrogens (primary N) is 1. The van der Waals surface area contributed by atoms with E-state index >= 15 is 0 Å². The Morgan fingerprint density at radius 2 is 1.96 bits per heavy atom. The van der Waals surface area contributed by atoms with Gasteiger partial charge in [0, 0.05) is 37.3 Å². The predicted molar refractivity (Wildman–Crippen MR) is 95.1 cm³/mol. The second-order valence-electron chi connectivity index (χ2n) is 6.12. The van der Waals surface area contributed by atoms with Crippen LogP contribution < -0.4 is 11.1 Å². The summed E-state index contributed by atoms with van der Waals surface area (Å²) >= 11 is 0. The number of rotatable bonds is 3. The molecule has 1 saturated heterocycles. The van der Waals surface area contributed by atoms with Gasteiger partial charge in [-0.05, 0) is 44.2 Å². The molecule has 3 rings (SSSR count). The van der Waals surface area contributed by atoms with Gasteiger partial charge in [0.25, 0.3) is 0 Å². The number of hydrogen-bond donors (Lipinski definition) is 2. The van der Waals surface area contributed by atoms with E-state index in [1.54, 1.807) is 6.20 Å². The van der Waals surface area contributed by atoms with Crippen molar-refractivity contribution in [1.82, 2.24) is 15.1 Å². The van der Waals surface area contributed by atoms with Gasteiger partial charge in [0.2, 0.25) is 5.91 Å². The van der Waals surface area contributed by atoms with E-state index in [0.717, 1.165) is 51.0 Å². The largest absolute Gasteiger partial charge is 0.366 e. The molecular weight excluding hydrogens is 337 g/mol. The molecule has 3 N–H and O–H groups in total. The molecule has 130 valence electrons. The molecule has 2 aliphatic rings. The monoisotopic (exact) mass is 361 g/mol. The van der Waals surface area contributed by atoms with Gasteiger partial charge in [0.15, 0.2) is 0 Å². The van der Waals surface area contributed by atoms with Crippen molar-refractivity contribution < 1.29 is 4.79 Å². The number of carbonyl (C=O) groups is 1. The smallest absolute Gasteiger partial charge is 0.225 e. The minimum atomic E-state index is 0. The van der Waals surface area contributed by atoms with Crippen molar-refractivity contribution in [3.63, 3.8) is 0 Å². The van der Waals surface area contributed by atoms with Gasteiger partial charge >= 0.3 is 0 Å². The Hall–Kier alpha value is -1.11. The fraction of sp³-hybridized carbons (Fsp3) is 0.667. The molecule has 6 nitrogen and oxygen atoms in total. The molecule has 1 saturated carbocycles. The van der Waals surface area contributed by atoms with Gasteiger partial charge in [-0.25, -0.2) is 0 Å². The number of hydrogen-bond acceptors (Lipinski definition) is 5. The summed E-state index contributed by atoms with van der Waals surface area (Å²) in [5.41, 5.74) is 5.91. The molecule has 1 aliphatic carbocycles. The average Bonchev–Trinajstić information content (AvgIpc) is 2.95. The molecular formula is C15H25Cl2N5O. The Morgan fingerprint density at radius 3 is 2.52 bits per heavy atom. The first kappa shape index (κ1) is 19.9. The topological polar surface area (TPSA) is 84.1 Å². The van der Waals surface area contributed by atoms with Crippen LogP contribution in [0.4, 0.5) is 5.82 Å². The van der Waals surface area contributed by atoms with Crippen LogP contribution in [0.2, 0.25) is 0 Å². The summed E-state index contributed by atoms with van der Waals surface area (Å²) in [5, 5.41) is 11.3. The first-order valence-electron chi connectivity index (χ1n) is 7.81. The van der Waals surface area contributed by atoms with E-state index in [1.165, 1.54) is 0 Å². The summed E-state index contributed by atoms with van der Waals surface area (Å²) in [4.78, 5) is 14.4. The normalized spacial score (nSPS) is 24.5. The van der Waals surface area contributed by atoms with E-state index in [4.69, 9.17) is 5.73 Å². The van der Waals surface area contributed by atoms with Crippen LogP contribution in [-0.2, 0) is 4.79 Å². The Morgan fingerprint density at radius 1 is 1.22 bits per heavy atom. The molecule has 0 aromatic carbocycles. The first-order valence-corrected chi connectivity index (χ1v) is 7.81. The molecule has 2 atom stereocenters. The van der Waals surface area contributed by atoms with Crippen molar-refractivity contribution in [3.8, 4) is 0 Å². The van der Waals surface area contributed by atoms with Gasteiger partial charge in [-0.1, -0.05) is 0 Å². The summed E-state index contributed by atoms with van der Waals surface area (Å²) < 4.78 is 0. The van der Waals surface area contributed by atoms with Crippen molar-refractivity contribution in [2.45, 2.75) is 44.2 Å². The highest BCUT2D eigenvalue weighted by Gasteiger charge is 2.32. The van der Waals surface area contributed by atoms with Crippen LogP contribution in [0.1, 0.15) is 32.1 Å². The zero-order valence-corrected chi connectivity index (χ0v) is 14.7. The molecule has 8 heteroatoms. The zero-order valence-electron chi connectivity index (χ0n) is 13.1. The quantitative estimate of drug-likeness (QED) is 0.857. The lowest BCUT2D eigenvalue weighted by molar-refractivity contribution is -0.136. The number of carbonyl (C=O) groups excluding carboxylic acids is 1. The van der Waals surface area contributed by atoms with E-state index in [1.807, 2.05) is 17.0 Å². The molecule has 2 unspecified atom stereocenters. The minimum Gasteiger partial charge on any atom is -0.366 e. The average molecular weight is 362 g/mol. The molecule has 2 fully saturated rings. The van der Waals surface area contributed by atoms with E-state index in [-0.39, 0.29) is 36.8 Å². The second-order valence-corrected chi connectivity index (χ2v) is 6.12. The van der Waals surface area contributed by atoms with Gasteiger partial charge in [0.1, 0.15) is 5.82 Å². The predicted octanol–water partition coefficient (Wildman–Crippen LogP) is 1.85. The third-order valence-corrected chi connectivity index (χ3v) is 4.55. The number of nitrogens with zero attached hydrogens (tertiary/aromatic N) is 3. The van der Waals surface area contributed by atoms with Crippen molar-refractivity contribution in [1.29, 1.82) is 0 Å². The Bertz CT molecular complexity index is 482. The number of amides is 1. The molecule has 1 aliphatic heterocycles. The minimum absolute atomic E-state index is 0. The van der Waals surface area contributed by atoms with Gasteiger partial charge < -0.3 is 16.0 Å². The molecule has 0 spiro atoms. The number of halogens is 2. The van der Waals surface area contributed by atoms with Crippen molar-refractivity contribution in [3.05, 3.63) is 18.3 Å². The van der Waals surface area contributed by atoms with Crippen molar-refractivity contribution >= 4 is 36.5 Å². The molecule has 1 aromatic rings.